The second kappa shape index (κ2) is 14.7. The van der Waals surface area contributed by atoms with E-state index in [1.807, 2.05) is 24.3 Å². The zero-order valence-electron chi connectivity index (χ0n) is 15.6. The fourth-order valence-electron chi connectivity index (χ4n) is 2.68. The summed E-state index contributed by atoms with van der Waals surface area (Å²) in [6.07, 6.45) is 13.7. The summed E-state index contributed by atoms with van der Waals surface area (Å²) in [5.74, 6) is 0.877. The third-order valence-electron chi connectivity index (χ3n) is 4.22. The van der Waals surface area contributed by atoms with Crippen molar-refractivity contribution in [3.8, 4) is 5.75 Å². The van der Waals surface area contributed by atoms with Crippen LogP contribution in [0.2, 0.25) is 0 Å². The van der Waals surface area contributed by atoms with Crippen LogP contribution < -0.4 is 4.74 Å². The molecule has 1 rings (SSSR count). The molecule has 0 bridgehead atoms. The van der Waals surface area contributed by atoms with Crippen LogP contribution in [-0.4, -0.2) is 19.3 Å². The molecule has 1 atom stereocenters. The van der Waals surface area contributed by atoms with Crippen LogP contribution in [0.3, 0.4) is 0 Å². The molecular formula is C21H36O2S. The lowest BCUT2D eigenvalue weighted by Gasteiger charge is -2.14. The highest BCUT2D eigenvalue weighted by Crippen LogP contribution is 2.15. The summed E-state index contributed by atoms with van der Waals surface area (Å²) in [6, 6.07) is 7.76. The number of thiol groups is 1. The van der Waals surface area contributed by atoms with Crippen molar-refractivity contribution in [3.05, 3.63) is 24.3 Å². The molecule has 0 aliphatic carbocycles. The third-order valence-corrected chi connectivity index (χ3v) is 4.52. The lowest BCUT2D eigenvalue weighted by Crippen LogP contribution is -2.18. The Morgan fingerprint density at radius 2 is 1.38 bits per heavy atom. The van der Waals surface area contributed by atoms with Crippen molar-refractivity contribution in [2.75, 3.05) is 13.2 Å². The second-order valence-corrected chi connectivity index (χ2v) is 7.18. The van der Waals surface area contributed by atoms with Crippen LogP contribution in [0.4, 0.5) is 0 Å². The SMILES string of the molecule is CCCCCCCCCCCCOC(C)COc1ccc(S)cc1. The highest BCUT2D eigenvalue weighted by atomic mass is 32.1. The number of ether oxygens (including phenoxy) is 2. The molecule has 1 aromatic carbocycles. The van der Waals surface area contributed by atoms with Crippen molar-refractivity contribution < 1.29 is 9.47 Å². The van der Waals surface area contributed by atoms with Gasteiger partial charge in [-0.3, -0.25) is 0 Å². The molecule has 0 spiro atoms. The van der Waals surface area contributed by atoms with Gasteiger partial charge in [-0.1, -0.05) is 64.7 Å². The van der Waals surface area contributed by atoms with Gasteiger partial charge in [0.1, 0.15) is 12.4 Å². The van der Waals surface area contributed by atoms with Crippen LogP contribution in [-0.2, 0) is 4.74 Å². The Morgan fingerprint density at radius 1 is 0.833 bits per heavy atom. The van der Waals surface area contributed by atoms with E-state index in [2.05, 4.69) is 26.5 Å². The van der Waals surface area contributed by atoms with Crippen LogP contribution in [0.1, 0.15) is 78.1 Å². The minimum atomic E-state index is 0.138. The van der Waals surface area contributed by atoms with Crippen LogP contribution >= 0.6 is 12.6 Å². The summed E-state index contributed by atoms with van der Waals surface area (Å²) < 4.78 is 11.5. The molecule has 0 saturated carbocycles. The topological polar surface area (TPSA) is 18.5 Å². The van der Waals surface area contributed by atoms with Gasteiger partial charge in [0.25, 0.3) is 0 Å². The summed E-state index contributed by atoms with van der Waals surface area (Å²) in [4.78, 5) is 0.951. The van der Waals surface area contributed by atoms with Gasteiger partial charge in [-0.15, -0.1) is 12.6 Å². The first kappa shape index (κ1) is 21.4. The Hall–Kier alpha value is -0.670. The maximum atomic E-state index is 5.82. The predicted molar refractivity (Wildman–Crippen MR) is 106 cm³/mol. The molecule has 1 unspecified atom stereocenters. The standard InChI is InChI=1S/C21H36O2S/c1-3-4-5-6-7-8-9-10-11-12-17-22-19(2)18-23-20-13-15-21(24)16-14-20/h13-16,19,24H,3-12,17-18H2,1-2H3. The molecule has 0 amide bonds. The number of benzene rings is 1. The van der Waals surface area contributed by atoms with E-state index in [-0.39, 0.29) is 6.10 Å². The van der Waals surface area contributed by atoms with Gasteiger partial charge in [-0.2, -0.15) is 0 Å². The Bertz CT molecular complexity index is 391. The van der Waals surface area contributed by atoms with Gasteiger partial charge in [-0.05, 0) is 37.6 Å². The Balaban J connectivity index is 1.87. The molecule has 0 aromatic heterocycles. The monoisotopic (exact) mass is 352 g/mol. The first-order chi connectivity index (χ1) is 11.7. The number of unbranched alkanes of at least 4 members (excludes halogenated alkanes) is 9. The van der Waals surface area contributed by atoms with E-state index >= 15 is 0 Å². The average molecular weight is 353 g/mol. The Labute approximate surface area is 154 Å². The molecule has 1 aromatic rings. The molecule has 24 heavy (non-hydrogen) atoms. The minimum absolute atomic E-state index is 0.138. The lowest BCUT2D eigenvalue weighted by molar-refractivity contribution is 0.0302. The van der Waals surface area contributed by atoms with Crippen molar-refractivity contribution in [2.45, 2.75) is 89.1 Å². The van der Waals surface area contributed by atoms with Crippen LogP contribution in [0.15, 0.2) is 29.2 Å². The normalized spacial score (nSPS) is 12.3. The van der Waals surface area contributed by atoms with E-state index in [4.69, 9.17) is 9.47 Å². The zero-order valence-corrected chi connectivity index (χ0v) is 16.5. The van der Waals surface area contributed by atoms with Crippen LogP contribution in [0.5, 0.6) is 5.75 Å². The summed E-state index contributed by atoms with van der Waals surface area (Å²) in [5.41, 5.74) is 0. The molecule has 0 aliphatic rings. The van der Waals surface area contributed by atoms with Gasteiger partial charge < -0.3 is 9.47 Å². The zero-order chi connectivity index (χ0) is 17.5. The maximum Gasteiger partial charge on any atom is 0.119 e. The molecule has 3 heteroatoms. The summed E-state index contributed by atoms with van der Waals surface area (Å²) in [5, 5.41) is 0. The molecular weight excluding hydrogens is 316 g/mol. The van der Waals surface area contributed by atoms with Gasteiger partial charge in [0.2, 0.25) is 0 Å². The van der Waals surface area contributed by atoms with Crippen molar-refractivity contribution in [3.63, 3.8) is 0 Å². The first-order valence-electron chi connectivity index (χ1n) is 9.75. The van der Waals surface area contributed by atoms with Gasteiger partial charge in [-0.25, -0.2) is 0 Å². The predicted octanol–water partition coefficient (Wildman–Crippen LogP) is 6.68. The van der Waals surface area contributed by atoms with E-state index in [0.29, 0.717) is 6.61 Å². The van der Waals surface area contributed by atoms with E-state index in [0.717, 1.165) is 23.7 Å². The molecule has 0 fully saturated rings. The lowest BCUT2D eigenvalue weighted by atomic mass is 10.1. The second-order valence-electron chi connectivity index (χ2n) is 6.67. The maximum absolute atomic E-state index is 5.82. The van der Waals surface area contributed by atoms with E-state index in [1.165, 1.54) is 57.8 Å². The smallest absolute Gasteiger partial charge is 0.119 e. The first-order valence-corrected chi connectivity index (χ1v) is 10.2. The van der Waals surface area contributed by atoms with Crippen LogP contribution in [0.25, 0.3) is 0 Å². The number of rotatable bonds is 15. The average Bonchev–Trinajstić information content (AvgIpc) is 2.59. The van der Waals surface area contributed by atoms with Gasteiger partial charge in [0.05, 0.1) is 6.10 Å². The molecule has 0 heterocycles. The summed E-state index contributed by atoms with van der Waals surface area (Å²) in [7, 11) is 0. The molecule has 0 radical (unpaired) electrons. The van der Waals surface area contributed by atoms with Crippen molar-refractivity contribution in [1.29, 1.82) is 0 Å². The highest BCUT2D eigenvalue weighted by Gasteiger charge is 2.03. The Morgan fingerprint density at radius 3 is 1.96 bits per heavy atom. The van der Waals surface area contributed by atoms with E-state index < -0.39 is 0 Å². The van der Waals surface area contributed by atoms with Crippen molar-refractivity contribution in [1.82, 2.24) is 0 Å². The van der Waals surface area contributed by atoms with Gasteiger partial charge in [0.15, 0.2) is 0 Å². The summed E-state index contributed by atoms with van der Waals surface area (Å²) in [6.45, 7) is 5.79. The van der Waals surface area contributed by atoms with Crippen molar-refractivity contribution in [2.24, 2.45) is 0 Å². The number of hydrogen-bond acceptors (Lipinski definition) is 3. The molecule has 2 nitrogen and oxygen atoms in total. The number of hydrogen-bond donors (Lipinski definition) is 1. The highest BCUT2D eigenvalue weighted by molar-refractivity contribution is 7.80. The Kier molecular flexibility index (Phi) is 13.1. The minimum Gasteiger partial charge on any atom is -0.491 e. The third kappa shape index (κ3) is 11.8. The fourth-order valence-corrected chi connectivity index (χ4v) is 2.83. The fraction of sp³-hybridized carbons (Fsp3) is 0.714. The van der Waals surface area contributed by atoms with Crippen molar-refractivity contribution >= 4 is 12.6 Å². The molecule has 0 N–H and O–H groups in total. The van der Waals surface area contributed by atoms with Gasteiger partial charge in [0, 0.05) is 11.5 Å². The molecule has 0 aliphatic heterocycles. The van der Waals surface area contributed by atoms with E-state index in [1.54, 1.807) is 0 Å². The summed E-state index contributed by atoms with van der Waals surface area (Å²) >= 11 is 4.27. The largest absolute Gasteiger partial charge is 0.491 e. The molecule has 138 valence electrons. The van der Waals surface area contributed by atoms with Gasteiger partial charge >= 0.3 is 0 Å². The quantitative estimate of drug-likeness (QED) is 0.280. The van der Waals surface area contributed by atoms with Crippen LogP contribution in [0, 0.1) is 0 Å². The molecule has 0 saturated heterocycles. The van der Waals surface area contributed by atoms with E-state index in [9.17, 15) is 0 Å².